The van der Waals surface area contributed by atoms with E-state index in [1.54, 1.807) is 88.4 Å². The highest BCUT2D eigenvalue weighted by molar-refractivity contribution is 6.23. The number of halogens is 6. The van der Waals surface area contributed by atoms with Crippen LogP contribution in [-0.2, 0) is 35.8 Å². The summed E-state index contributed by atoms with van der Waals surface area (Å²) >= 11 is 0. The zero-order chi connectivity index (χ0) is 54.5. The predicted molar refractivity (Wildman–Crippen MR) is 269 cm³/mol. The van der Waals surface area contributed by atoms with Gasteiger partial charge in [0.15, 0.2) is 17.0 Å². The van der Waals surface area contributed by atoms with Gasteiger partial charge in [0.2, 0.25) is 11.3 Å². The molecule has 4 atom stereocenters. The lowest BCUT2D eigenvalue weighted by Crippen LogP contribution is -2.59. The van der Waals surface area contributed by atoms with Crippen molar-refractivity contribution in [3.63, 3.8) is 0 Å². The van der Waals surface area contributed by atoms with Crippen molar-refractivity contribution in [3.8, 4) is 5.69 Å². The van der Waals surface area contributed by atoms with Gasteiger partial charge in [-0.2, -0.15) is 26.3 Å². The third kappa shape index (κ3) is 8.27. The number of carbonyl (C=O) groups excluding carboxylic acids is 5. The van der Waals surface area contributed by atoms with Gasteiger partial charge in [0, 0.05) is 63.8 Å². The van der Waals surface area contributed by atoms with E-state index in [2.05, 4.69) is 10.4 Å². The second-order valence-electron chi connectivity index (χ2n) is 21.8. The molecule has 4 aromatic carbocycles. The first-order valence-electron chi connectivity index (χ1n) is 24.4. The standard InChI is InChI=1S/C57H54F6N6O6/c1-31(26-34-18-22-38(23-19-34)68-40-27-52(4,5)29-42(70)46(40)54(50(68)74,56(58,59)60)44(32(2)64)48(72)65-36-14-10-8-11-15-36)35-20-24-39(25-21-35)69-49(73)45(33(3)66-69)55(57(61,62)63)47-41(28-53(6,7)30-43(47)71)67(51(55)75)37-16-12-9-13-17-37/h8-25,31,44,64,66H,26-30H2,1-7H3,(H,65,72). The van der Waals surface area contributed by atoms with Gasteiger partial charge in [-0.05, 0) is 110 Å². The minimum atomic E-state index is -5.50. The van der Waals surface area contributed by atoms with Crippen molar-refractivity contribution in [2.24, 2.45) is 22.2 Å². The molecule has 9 rings (SSSR count). The quantitative estimate of drug-likeness (QED) is 0.0880. The molecule has 12 nitrogen and oxygen atoms in total. The van der Waals surface area contributed by atoms with E-state index >= 15 is 26.3 Å². The molecule has 0 saturated carbocycles. The number of anilines is 3. The second kappa shape index (κ2) is 18.0. The van der Waals surface area contributed by atoms with Gasteiger partial charge in [0.1, 0.15) is 5.92 Å². The molecule has 4 aliphatic rings. The fourth-order valence-electron chi connectivity index (χ4n) is 11.9. The average Bonchev–Trinajstić information content (AvgIpc) is 3.91. The number of amides is 3. The molecular formula is C57H54F6N6O6. The summed E-state index contributed by atoms with van der Waals surface area (Å²) in [5, 5.41) is 13.7. The molecule has 2 aliphatic carbocycles. The lowest BCUT2D eigenvalue weighted by molar-refractivity contribution is -0.215. The molecule has 0 bridgehead atoms. The van der Waals surface area contributed by atoms with Crippen molar-refractivity contribution in [1.29, 1.82) is 5.41 Å². The van der Waals surface area contributed by atoms with E-state index in [0.29, 0.717) is 12.0 Å². The number of aryl methyl sites for hydroxylation is 1. The number of H-pyrrole nitrogens is 1. The number of rotatable bonds is 11. The summed E-state index contributed by atoms with van der Waals surface area (Å²) in [7, 11) is 0. The maximum atomic E-state index is 16.0. The van der Waals surface area contributed by atoms with Crippen molar-refractivity contribution in [2.45, 2.75) is 104 Å². The lowest BCUT2D eigenvalue weighted by atomic mass is 9.62. The fourth-order valence-corrected chi connectivity index (χ4v) is 11.9. The maximum absolute atomic E-state index is 16.0. The van der Waals surface area contributed by atoms with E-state index in [1.165, 1.54) is 55.5 Å². The molecule has 1 aromatic heterocycles. The van der Waals surface area contributed by atoms with Gasteiger partial charge < -0.3 is 10.7 Å². The van der Waals surface area contributed by atoms with Crippen molar-refractivity contribution < 1.29 is 50.3 Å². The Kier molecular flexibility index (Phi) is 12.6. The molecule has 0 radical (unpaired) electrons. The topological polar surface area (TPSA) is 165 Å². The van der Waals surface area contributed by atoms with Crippen LogP contribution in [0.3, 0.4) is 0 Å². The van der Waals surface area contributed by atoms with Gasteiger partial charge in [-0.15, -0.1) is 0 Å². The number of alkyl halides is 6. The van der Waals surface area contributed by atoms with E-state index in [4.69, 9.17) is 5.41 Å². The second-order valence-corrected chi connectivity index (χ2v) is 21.8. The zero-order valence-corrected chi connectivity index (χ0v) is 42.1. The zero-order valence-electron chi connectivity index (χ0n) is 42.1. The van der Waals surface area contributed by atoms with Crippen LogP contribution < -0.4 is 20.7 Å². The monoisotopic (exact) mass is 1030 g/mol. The number of hydrogen-bond donors (Lipinski definition) is 3. The van der Waals surface area contributed by atoms with E-state index in [1.807, 2.05) is 6.92 Å². The smallest absolute Gasteiger partial charge is 0.325 e. The van der Waals surface area contributed by atoms with E-state index in [9.17, 15) is 28.8 Å². The minimum Gasteiger partial charge on any atom is -0.325 e. The Labute approximate surface area is 428 Å². The highest BCUT2D eigenvalue weighted by atomic mass is 19.4. The number of carbonyl (C=O) groups is 5. The summed E-state index contributed by atoms with van der Waals surface area (Å²) in [5.74, 6) is -8.82. The van der Waals surface area contributed by atoms with Crippen LogP contribution in [0.4, 0.5) is 43.4 Å². The SMILES string of the molecule is CC(=N)C(C(=O)Nc1ccccc1)C1(C(F)(F)F)C(=O)N(c2ccc(CC(C)c3ccc(-n4[nH]c(C)c(C5(C(F)(F)F)C(=O)N(c6ccccc6)C6=C5C(=O)CC(C)(C)C6)c4=O)cc3)cc2)C2=C1C(=O)CC(C)(C)C2. The number of Topliss-reactive ketones (excluding diaryl/α,β-unsaturated/α-hetero) is 2. The summed E-state index contributed by atoms with van der Waals surface area (Å²) in [5.41, 5.74) is -12.1. The van der Waals surface area contributed by atoms with E-state index in [0.717, 1.165) is 27.0 Å². The number of benzene rings is 4. The molecule has 3 amide bonds. The summed E-state index contributed by atoms with van der Waals surface area (Å²) in [6.45, 7) is 11.0. The van der Waals surface area contributed by atoms with E-state index < -0.39 is 97.2 Å². The highest BCUT2D eigenvalue weighted by Gasteiger charge is 2.76. The number of ketones is 2. The summed E-state index contributed by atoms with van der Waals surface area (Å²) in [6, 6.07) is 27.9. The van der Waals surface area contributed by atoms with Crippen LogP contribution in [0.25, 0.3) is 5.69 Å². The number of para-hydroxylation sites is 2. The van der Waals surface area contributed by atoms with Crippen molar-refractivity contribution >= 4 is 52.1 Å². The number of allylic oxidation sites excluding steroid dienone is 2. The molecule has 390 valence electrons. The Hall–Kier alpha value is -7.63. The fraction of sp³-hybridized carbons (Fsp3) is 0.351. The molecule has 0 spiro atoms. The van der Waals surface area contributed by atoms with Gasteiger partial charge in [0.05, 0.1) is 11.3 Å². The Balaban J connectivity index is 1.01. The van der Waals surface area contributed by atoms with Crippen LogP contribution in [0.5, 0.6) is 0 Å². The van der Waals surface area contributed by atoms with Gasteiger partial charge in [-0.3, -0.25) is 43.7 Å². The van der Waals surface area contributed by atoms with Crippen molar-refractivity contribution in [2.75, 3.05) is 15.1 Å². The van der Waals surface area contributed by atoms with Gasteiger partial charge in [0.25, 0.3) is 17.4 Å². The minimum absolute atomic E-state index is 0.0179. The van der Waals surface area contributed by atoms with Crippen molar-refractivity contribution in [3.05, 3.63) is 164 Å². The number of nitrogens with one attached hydrogen (secondary N) is 3. The molecule has 18 heteroatoms. The predicted octanol–water partition coefficient (Wildman–Crippen LogP) is 11.1. The number of aromatic nitrogens is 2. The first-order valence-corrected chi connectivity index (χ1v) is 24.4. The Bertz CT molecular complexity index is 3330. The Morgan fingerprint density at radius 2 is 1.16 bits per heavy atom. The maximum Gasteiger partial charge on any atom is 0.411 e. The van der Waals surface area contributed by atoms with Gasteiger partial charge in [-0.1, -0.05) is 95.3 Å². The summed E-state index contributed by atoms with van der Waals surface area (Å²) < 4.78 is 97.1. The van der Waals surface area contributed by atoms with Crippen LogP contribution >= 0.6 is 0 Å². The largest absolute Gasteiger partial charge is 0.411 e. The number of hydrogen-bond acceptors (Lipinski definition) is 7. The molecule has 2 aliphatic heterocycles. The molecule has 3 N–H and O–H groups in total. The van der Waals surface area contributed by atoms with Crippen LogP contribution in [-0.4, -0.2) is 57.1 Å². The average molecular weight is 1030 g/mol. The van der Waals surface area contributed by atoms with Crippen LogP contribution in [0.15, 0.2) is 137 Å². The summed E-state index contributed by atoms with van der Waals surface area (Å²) in [4.78, 5) is 87.8. The van der Waals surface area contributed by atoms with Crippen LogP contribution in [0, 0.1) is 34.5 Å². The van der Waals surface area contributed by atoms with Gasteiger partial charge >= 0.3 is 12.4 Å². The van der Waals surface area contributed by atoms with E-state index in [-0.39, 0.29) is 71.4 Å². The first-order chi connectivity index (χ1) is 35.1. The Morgan fingerprint density at radius 1 is 0.667 bits per heavy atom. The molecule has 4 unspecified atom stereocenters. The lowest BCUT2D eigenvalue weighted by Gasteiger charge is -2.39. The third-order valence-corrected chi connectivity index (χ3v) is 15.0. The highest BCUT2D eigenvalue weighted by Crippen LogP contribution is 2.62. The number of nitrogens with zero attached hydrogens (tertiary/aromatic N) is 3. The van der Waals surface area contributed by atoms with Gasteiger partial charge in [-0.25, -0.2) is 4.68 Å². The number of aromatic amines is 1. The molecular weight excluding hydrogens is 979 g/mol. The normalized spacial score (nSPS) is 22.4. The summed E-state index contributed by atoms with van der Waals surface area (Å²) in [6.07, 6.45) is -11.3. The van der Waals surface area contributed by atoms with Crippen molar-refractivity contribution in [1.82, 2.24) is 9.78 Å². The molecule has 3 heterocycles. The molecule has 0 saturated heterocycles. The molecule has 0 fully saturated rings. The van der Waals surface area contributed by atoms with Crippen LogP contribution in [0.2, 0.25) is 0 Å². The molecule has 75 heavy (non-hydrogen) atoms. The molecule has 5 aromatic rings. The third-order valence-electron chi connectivity index (χ3n) is 15.0. The Morgan fingerprint density at radius 3 is 1.69 bits per heavy atom. The van der Waals surface area contributed by atoms with Crippen LogP contribution in [0.1, 0.15) is 95.5 Å². The first kappa shape index (κ1) is 52.2.